The topological polar surface area (TPSA) is 55.1 Å². The van der Waals surface area contributed by atoms with Crippen LogP contribution in [0.5, 0.6) is 0 Å². The highest BCUT2D eigenvalue weighted by Crippen LogP contribution is 2.48. The van der Waals surface area contributed by atoms with Crippen molar-refractivity contribution in [3.05, 3.63) is 35.6 Å². The minimum atomic E-state index is -0.627. The van der Waals surface area contributed by atoms with Gasteiger partial charge in [-0.25, -0.2) is 4.39 Å². The third-order valence-corrected chi connectivity index (χ3v) is 4.12. The van der Waals surface area contributed by atoms with Crippen LogP contribution in [-0.4, -0.2) is 18.0 Å². The first-order valence-corrected chi connectivity index (χ1v) is 6.37. The number of nitrogens with one attached hydrogen (secondary N) is 1. The van der Waals surface area contributed by atoms with Gasteiger partial charge in [0.05, 0.1) is 5.54 Å². The van der Waals surface area contributed by atoms with Gasteiger partial charge in [0, 0.05) is 12.0 Å². The van der Waals surface area contributed by atoms with Crippen molar-refractivity contribution in [3.63, 3.8) is 0 Å². The monoisotopic (exact) mass is 284 g/mol. The zero-order valence-corrected chi connectivity index (χ0v) is 11.4. The summed E-state index contributed by atoms with van der Waals surface area (Å²) in [6, 6.07) is 6.65. The molecule has 104 valence electrons. The van der Waals surface area contributed by atoms with Crippen molar-refractivity contribution in [2.75, 3.05) is 6.54 Å². The van der Waals surface area contributed by atoms with E-state index in [-0.39, 0.29) is 29.5 Å². The third kappa shape index (κ3) is 2.74. The largest absolute Gasteiger partial charge is 0.354 e. The van der Waals surface area contributed by atoms with Gasteiger partial charge in [-0.1, -0.05) is 12.1 Å². The smallest absolute Gasteiger partial charge is 0.240 e. The summed E-state index contributed by atoms with van der Waals surface area (Å²) < 4.78 is 13.2. The maximum Gasteiger partial charge on any atom is 0.240 e. The van der Waals surface area contributed by atoms with Gasteiger partial charge in [-0.05, 0) is 43.4 Å². The van der Waals surface area contributed by atoms with Crippen molar-refractivity contribution in [1.29, 1.82) is 0 Å². The molecular formula is C14H18ClFN2O. The van der Waals surface area contributed by atoms with Crippen LogP contribution in [0.15, 0.2) is 24.3 Å². The molecule has 3 N–H and O–H groups in total. The molecule has 2 aliphatic carbocycles. The van der Waals surface area contributed by atoms with Crippen molar-refractivity contribution in [2.45, 2.75) is 36.6 Å². The molecule has 0 spiro atoms. The average Bonchev–Trinajstić information content (AvgIpc) is 3.24. The number of carbonyl (C=O) groups excluding carboxylic acids is 1. The van der Waals surface area contributed by atoms with Crippen LogP contribution in [-0.2, 0) is 10.2 Å². The third-order valence-electron chi connectivity index (χ3n) is 4.12. The van der Waals surface area contributed by atoms with Crippen molar-refractivity contribution in [2.24, 2.45) is 5.73 Å². The van der Waals surface area contributed by atoms with E-state index in [0.29, 0.717) is 6.54 Å². The molecule has 0 atom stereocenters. The summed E-state index contributed by atoms with van der Waals surface area (Å²) in [5, 5.41) is 2.92. The van der Waals surface area contributed by atoms with Gasteiger partial charge in [-0.2, -0.15) is 0 Å². The Bertz CT molecular complexity index is 498. The molecular weight excluding hydrogens is 267 g/mol. The van der Waals surface area contributed by atoms with Crippen LogP contribution in [0.3, 0.4) is 0 Å². The van der Waals surface area contributed by atoms with Gasteiger partial charge in [0.1, 0.15) is 5.82 Å². The summed E-state index contributed by atoms with van der Waals surface area (Å²) >= 11 is 0. The highest BCUT2D eigenvalue weighted by molar-refractivity contribution is 5.89. The maximum atomic E-state index is 13.2. The summed E-state index contributed by atoms with van der Waals surface area (Å²) in [4.78, 5) is 11.8. The Labute approximate surface area is 118 Å². The molecule has 0 radical (unpaired) electrons. The van der Waals surface area contributed by atoms with Gasteiger partial charge in [0.2, 0.25) is 5.91 Å². The molecule has 1 amide bonds. The Balaban J connectivity index is 0.00000133. The average molecular weight is 285 g/mol. The molecule has 2 fully saturated rings. The van der Waals surface area contributed by atoms with Gasteiger partial charge in [-0.3, -0.25) is 4.79 Å². The highest BCUT2D eigenvalue weighted by Gasteiger charge is 2.49. The second kappa shape index (κ2) is 4.76. The normalized spacial score (nSPS) is 21.2. The van der Waals surface area contributed by atoms with Crippen molar-refractivity contribution in [3.8, 4) is 0 Å². The molecule has 1 aromatic carbocycles. The molecule has 5 heteroatoms. The number of hydrogen-bond acceptors (Lipinski definition) is 2. The second-order valence-electron chi connectivity index (χ2n) is 5.63. The molecule has 3 nitrogen and oxygen atoms in total. The van der Waals surface area contributed by atoms with E-state index in [1.54, 1.807) is 12.1 Å². The molecule has 2 aliphatic rings. The standard InChI is InChI=1S/C14H17FN2O.ClH/c15-11-3-1-2-10(8-11)13(4-5-13)9-17-12(18)14(16)6-7-14;/h1-3,8H,4-7,9,16H2,(H,17,18);1H. The molecule has 0 saturated heterocycles. The summed E-state index contributed by atoms with van der Waals surface area (Å²) in [7, 11) is 0. The number of carbonyl (C=O) groups is 1. The molecule has 1 aromatic rings. The molecule has 0 aromatic heterocycles. The zero-order valence-electron chi connectivity index (χ0n) is 10.6. The SMILES string of the molecule is Cl.NC1(C(=O)NCC2(c3cccc(F)c3)CC2)CC1. The molecule has 3 rings (SSSR count). The molecule has 2 saturated carbocycles. The minimum absolute atomic E-state index is 0. The van der Waals surface area contributed by atoms with Crippen LogP contribution in [0.1, 0.15) is 31.2 Å². The fraction of sp³-hybridized carbons (Fsp3) is 0.500. The van der Waals surface area contributed by atoms with E-state index in [9.17, 15) is 9.18 Å². The zero-order chi connectivity index (χ0) is 12.8. The van der Waals surface area contributed by atoms with Crippen LogP contribution in [0, 0.1) is 5.82 Å². The van der Waals surface area contributed by atoms with E-state index in [2.05, 4.69) is 5.32 Å². The Kier molecular flexibility index (Phi) is 3.58. The van der Waals surface area contributed by atoms with Crippen LogP contribution >= 0.6 is 12.4 Å². The lowest BCUT2D eigenvalue weighted by Gasteiger charge is -2.18. The minimum Gasteiger partial charge on any atom is -0.354 e. The van der Waals surface area contributed by atoms with Crippen LogP contribution < -0.4 is 11.1 Å². The van der Waals surface area contributed by atoms with Gasteiger partial charge >= 0.3 is 0 Å². The van der Waals surface area contributed by atoms with Crippen LogP contribution in [0.2, 0.25) is 0 Å². The summed E-state index contributed by atoms with van der Waals surface area (Å²) in [5.74, 6) is -0.284. The van der Waals surface area contributed by atoms with E-state index in [1.165, 1.54) is 6.07 Å². The maximum absolute atomic E-state index is 13.2. The van der Waals surface area contributed by atoms with Crippen LogP contribution in [0.25, 0.3) is 0 Å². The first-order valence-electron chi connectivity index (χ1n) is 6.37. The van der Waals surface area contributed by atoms with Gasteiger partial charge in [0.25, 0.3) is 0 Å². The predicted octanol–water partition coefficient (Wildman–Crippen LogP) is 1.89. The quantitative estimate of drug-likeness (QED) is 0.887. The number of hydrogen-bond donors (Lipinski definition) is 2. The van der Waals surface area contributed by atoms with Crippen LogP contribution in [0.4, 0.5) is 4.39 Å². The highest BCUT2D eigenvalue weighted by atomic mass is 35.5. The number of halogens is 2. The lowest BCUT2D eigenvalue weighted by Crippen LogP contribution is -2.45. The molecule has 0 heterocycles. The van der Waals surface area contributed by atoms with Gasteiger partial charge in [0.15, 0.2) is 0 Å². The van der Waals surface area contributed by atoms with Gasteiger partial charge in [-0.15, -0.1) is 12.4 Å². The lowest BCUT2D eigenvalue weighted by molar-refractivity contribution is -0.123. The Morgan fingerprint density at radius 1 is 1.32 bits per heavy atom. The first-order chi connectivity index (χ1) is 8.54. The van der Waals surface area contributed by atoms with E-state index < -0.39 is 5.54 Å². The second-order valence-corrected chi connectivity index (χ2v) is 5.63. The molecule has 0 unspecified atom stereocenters. The summed E-state index contributed by atoms with van der Waals surface area (Å²) in [6.45, 7) is 0.564. The molecule has 19 heavy (non-hydrogen) atoms. The number of nitrogens with two attached hydrogens (primary N) is 1. The Hall–Kier alpha value is -1.13. The van der Waals surface area contributed by atoms with Crippen molar-refractivity contribution >= 4 is 18.3 Å². The summed E-state index contributed by atoms with van der Waals surface area (Å²) in [6.07, 6.45) is 3.53. The fourth-order valence-electron chi connectivity index (χ4n) is 2.32. The van der Waals surface area contributed by atoms with E-state index >= 15 is 0 Å². The van der Waals surface area contributed by atoms with E-state index in [1.807, 2.05) is 6.07 Å². The molecule has 0 bridgehead atoms. The molecule has 0 aliphatic heterocycles. The number of benzene rings is 1. The lowest BCUT2D eigenvalue weighted by atomic mass is 9.95. The van der Waals surface area contributed by atoms with E-state index in [0.717, 1.165) is 31.2 Å². The van der Waals surface area contributed by atoms with Crippen molar-refractivity contribution < 1.29 is 9.18 Å². The van der Waals surface area contributed by atoms with E-state index in [4.69, 9.17) is 5.73 Å². The van der Waals surface area contributed by atoms with Crippen molar-refractivity contribution in [1.82, 2.24) is 5.32 Å². The summed E-state index contributed by atoms with van der Waals surface area (Å²) in [5.41, 5.74) is 6.11. The fourth-order valence-corrected chi connectivity index (χ4v) is 2.32. The number of rotatable bonds is 4. The predicted molar refractivity (Wildman–Crippen MR) is 73.7 cm³/mol. The van der Waals surface area contributed by atoms with Gasteiger partial charge < -0.3 is 11.1 Å². The Morgan fingerprint density at radius 3 is 2.53 bits per heavy atom. The first kappa shape index (κ1) is 14.3. The number of amides is 1. The Morgan fingerprint density at radius 2 is 2.00 bits per heavy atom.